The van der Waals surface area contributed by atoms with Crippen molar-refractivity contribution in [3.63, 3.8) is 0 Å². The Kier molecular flexibility index (Phi) is 5.30. The molecule has 4 rings (SSSR count). The monoisotopic (exact) mass is 416 g/mol. The van der Waals surface area contributed by atoms with E-state index in [1.807, 2.05) is 46.1 Å². The van der Waals surface area contributed by atoms with Crippen molar-refractivity contribution in [2.75, 3.05) is 36.4 Å². The molecule has 3 heterocycles. The molecule has 7 nitrogen and oxygen atoms in total. The second-order valence-corrected chi connectivity index (χ2v) is 6.79. The quantitative estimate of drug-likeness (QED) is 0.708. The van der Waals surface area contributed by atoms with E-state index in [4.69, 9.17) is 0 Å². The van der Waals surface area contributed by atoms with Crippen LogP contribution in [0.1, 0.15) is 5.56 Å². The van der Waals surface area contributed by atoms with Gasteiger partial charge in [-0.15, -0.1) is 10.2 Å². The van der Waals surface area contributed by atoms with Gasteiger partial charge in [0.05, 0.1) is 11.3 Å². The second-order valence-electron chi connectivity index (χ2n) is 6.79. The number of aromatic nitrogens is 3. The summed E-state index contributed by atoms with van der Waals surface area (Å²) in [7, 11) is 0. The molecule has 0 bridgehead atoms. The first-order valence-corrected chi connectivity index (χ1v) is 9.36. The molecule has 2 aromatic heterocycles. The van der Waals surface area contributed by atoms with Crippen LogP contribution in [0.4, 0.5) is 29.5 Å². The summed E-state index contributed by atoms with van der Waals surface area (Å²) in [6.45, 7) is 1.74. The van der Waals surface area contributed by atoms with Crippen molar-refractivity contribution in [1.82, 2.24) is 19.7 Å². The van der Waals surface area contributed by atoms with Gasteiger partial charge in [0.2, 0.25) is 0 Å². The summed E-state index contributed by atoms with van der Waals surface area (Å²) in [6, 6.07) is 11.9. The number of rotatable bonds is 3. The molecule has 1 saturated heterocycles. The lowest BCUT2D eigenvalue weighted by Gasteiger charge is -2.35. The van der Waals surface area contributed by atoms with Gasteiger partial charge in [0.1, 0.15) is 0 Å². The highest BCUT2D eigenvalue weighted by Gasteiger charge is 2.34. The van der Waals surface area contributed by atoms with E-state index in [0.717, 1.165) is 6.07 Å². The Morgan fingerprint density at radius 2 is 1.50 bits per heavy atom. The Morgan fingerprint density at radius 3 is 2.13 bits per heavy atom. The first-order valence-electron chi connectivity index (χ1n) is 9.36. The molecule has 1 aromatic carbocycles. The number of nitrogens with one attached hydrogen (secondary N) is 1. The number of alkyl halides is 3. The minimum Gasteiger partial charge on any atom is -0.352 e. The average molecular weight is 416 g/mol. The molecule has 1 fully saturated rings. The van der Waals surface area contributed by atoms with Crippen molar-refractivity contribution >= 4 is 17.5 Å². The molecule has 0 saturated carbocycles. The molecule has 1 N–H and O–H groups in total. The molecule has 0 spiro atoms. The van der Waals surface area contributed by atoms with Crippen LogP contribution in [-0.4, -0.2) is 51.9 Å². The minimum atomic E-state index is -4.53. The largest absolute Gasteiger partial charge is 0.418 e. The molecule has 0 radical (unpaired) electrons. The van der Waals surface area contributed by atoms with Crippen molar-refractivity contribution in [1.29, 1.82) is 0 Å². The molecule has 3 aromatic rings. The standard InChI is InChI=1S/C20H19F3N6O/c21-20(22,23)15-5-1-2-6-16(15)24-19(30)29-13-11-28(12-14-29)18-8-7-17(25-26-18)27-9-3-4-10-27/h1-10H,11-14H2,(H,24,30). The Hall–Kier alpha value is -3.56. The van der Waals surface area contributed by atoms with Crippen molar-refractivity contribution < 1.29 is 18.0 Å². The zero-order valence-corrected chi connectivity index (χ0v) is 15.9. The number of nitrogens with zero attached hydrogens (tertiary/aromatic N) is 5. The Balaban J connectivity index is 1.36. The van der Waals surface area contributed by atoms with E-state index in [-0.39, 0.29) is 5.69 Å². The lowest BCUT2D eigenvalue weighted by atomic mass is 10.1. The lowest BCUT2D eigenvalue weighted by molar-refractivity contribution is -0.136. The summed E-state index contributed by atoms with van der Waals surface area (Å²) in [6.07, 6.45) is -0.788. The van der Waals surface area contributed by atoms with Gasteiger partial charge in [0.15, 0.2) is 11.6 Å². The Morgan fingerprint density at radius 1 is 0.867 bits per heavy atom. The highest BCUT2D eigenvalue weighted by atomic mass is 19.4. The van der Waals surface area contributed by atoms with E-state index in [9.17, 15) is 18.0 Å². The molecule has 0 aliphatic carbocycles. The van der Waals surface area contributed by atoms with Gasteiger partial charge in [0.25, 0.3) is 0 Å². The van der Waals surface area contributed by atoms with E-state index in [0.29, 0.717) is 37.8 Å². The van der Waals surface area contributed by atoms with Crippen LogP contribution in [0.5, 0.6) is 0 Å². The third-order valence-corrected chi connectivity index (χ3v) is 4.87. The van der Waals surface area contributed by atoms with Gasteiger partial charge in [-0.3, -0.25) is 0 Å². The minimum absolute atomic E-state index is 0.246. The van der Waals surface area contributed by atoms with Crippen LogP contribution >= 0.6 is 0 Å². The third kappa shape index (κ3) is 4.22. The fraction of sp³-hybridized carbons (Fsp3) is 0.250. The van der Waals surface area contributed by atoms with E-state index >= 15 is 0 Å². The summed E-state index contributed by atoms with van der Waals surface area (Å²) in [5.74, 6) is 1.39. The van der Waals surface area contributed by atoms with Crippen LogP contribution in [0.15, 0.2) is 60.9 Å². The van der Waals surface area contributed by atoms with Gasteiger partial charge >= 0.3 is 12.2 Å². The maximum Gasteiger partial charge on any atom is 0.418 e. The van der Waals surface area contributed by atoms with Gasteiger partial charge in [-0.2, -0.15) is 13.2 Å². The summed E-state index contributed by atoms with van der Waals surface area (Å²) >= 11 is 0. The van der Waals surface area contributed by atoms with Gasteiger partial charge < -0.3 is 19.7 Å². The molecule has 156 valence electrons. The highest BCUT2D eigenvalue weighted by molar-refractivity contribution is 5.90. The Labute approximate surface area is 170 Å². The van der Waals surface area contributed by atoms with Gasteiger partial charge in [-0.05, 0) is 36.4 Å². The van der Waals surface area contributed by atoms with Crippen LogP contribution in [0.2, 0.25) is 0 Å². The van der Waals surface area contributed by atoms with Crippen LogP contribution in [0, 0.1) is 0 Å². The molecule has 2 amide bonds. The van der Waals surface area contributed by atoms with E-state index in [2.05, 4.69) is 15.5 Å². The SMILES string of the molecule is O=C(Nc1ccccc1C(F)(F)F)N1CCN(c2ccc(-n3cccc3)nn2)CC1. The number of halogens is 3. The molecule has 1 aliphatic rings. The van der Waals surface area contributed by atoms with Crippen LogP contribution < -0.4 is 10.2 Å². The maximum atomic E-state index is 13.1. The topological polar surface area (TPSA) is 66.3 Å². The van der Waals surface area contributed by atoms with Crippen molar-refractivity contribution in [3.05, 3.63) is 66.5 Å². The molecular formula is C20H19F3N6O. The predicted molar refractivity (Wildman–Crippen MR) is 106 cm³/mol. The number of carbonyl (C=O) groups excluding carboxylic acids is 1. The zero-order valence-electron chi connectivity index (χ0n) is 15.9. The molecule has 30 heavy (non-hydrogen) atoms. The van der Waals surface area contributed by atoms with Crippen LogP contribution in [0.3, 0.4) is 0 Å². The molecule has 0 atom stereocenters. The van der Waals surface area contributed by atoms with Gasteiger partial charge in [-0.25, -0.2) is 4.79 Å². The molecular weight excluding hydrogens is 397 g/mol. The number of para-hydroxylation sites is 1. The lowest BCUT2D eigenvalue weighted by Crippen LogP contribution is -2.50. The molecule has 0 unspecified atom stereocenters. The first-order chi connectivity index (χ1) is 14.4. The van der Waals surface area contributed by atoms with Crippen molar-refractivity contribution in [2.45, 2.75) is 6.18 Å². The summed E-state index contributed by atoms with van der Waals surface area (Å²) in [5, 5.41) is 10.8. The number of benzene rings is 1. The first kappa shape index (κ1) is 19.7. The fourth-order valence-electron chi connectivity index (χ4n) is 3.28. The molecule has 10 heteroatoms. The van der Waals surface area contributed by atoms with Crippen molar-refractivity contribution in [3.8, 4) is 5.82 Å². The summed E-state index contributed by atoms with van der Waals surface area (Å²) in [4.78, 5) is 15.9. The molecule has 1 aliphatic heterocycles. The number of anilines is 2. The number of hydrogen-bond donors (Lipinski definition) is 1. The predicted octanol–water partition coefficient (Wildman–Crippen LogP) is 3.64. The summed E-state index contributed by atoms with van der Waals surface area (Å²) in [5.41, 5.74) is -1.11. The second kappa shape index (κ2) is 8.05. The third-order valence-electron chi connectivity index (χ3n) is 4.87. The average Bonchev–Trinajstić information content (AvgIpc) is 3.29. The smallest absolute Gasteiger partial charge is 0.352 e. The van der Waals surface area contributed by atoms with Crippen LogP contribution in [0.25, 0.3) is 5.82 Å². The number of urea groups is 1. The number of carbonyl (C=O) groups is 1. The van der Waals surface area contributed by atoms with Gasteiger partial charge in [-0.1, -0.05) is 12.1 Å². The number of amides is 2. The summed E-state index contributed by atoms with van der Waals surface area (Å²) < 4.78 is 41.2. The van der Waals surface area contributed by atoms with E-state index in [1.54, 1.807) is 0 Å². The highest BCUT2D eigenvalue weighted by Crippen LogP contribution is 2.34. The van der Waals surface area contributed by atoms with E-state index in [1.165, 1.54) is 23.1 Å². The zero-order chi connectivity index (χ0) is 21.1. The van der Waals surface area contributed by atoms with E-state index < -0.39 is 17.8 Å². The number of piperazine rings is 1. The fourth-order valence-corrected chi connectivity index (χ4v) is 3.28. The normalized spacial score (nSPS) is 14.6. The maximum absolute atomic E-state index is 13.1. The number of hydrogen-bond acceptors (Lipinski definition) is 4. The Bertz CT molecular complexity index is 996. The van der Waals surface area contributed by atoms with Gasteiger partial charge in [0, 0.05) is 38.6 Å². The van der Waals surface area contributed by atoms with Crippen LogP contribution in [-0.2, 0) is 6.18 Å². The van der Waals surface area contributed by atoms with Crippen molar-refractivity contribution in [2.24, 2.45) is 0 Å².